The van der Waals surface area contributed by atoms with E-state index in [2.05, 4.69) is 25.0 Å². The quantitative estimate of drug-likeness (QED) is 0.862. The Morgan fingerprint density at radius 1 is 1.41 bits per heavy atom. The number of aryl methyl sites for hydroxylation is 1. The Kier molecular flexibility index (Phi) is 3.29. The molecule has 0 aliphatic carbocycles. The average Bonchev–Trinajstić information content (AvgIpc) is 2.75. The fraction of sp³-hybridized carbons (Fsp3) is 0.200. The van der Waals surface area contributed by atoms with Crippen LogP contribution in [-0.4, -0.2) is 27.3 Å². The zero-order valence-electron chi connectivity index (χ0n) is 9.39. The standard InChI is InChI=1S/C10H11N5OS/c1-6-13-10(17-15-6)14-9(16)8-4-3-7(11-2)5-12-8/h3-5,11H,1-2H3,(H,13,14,15,16). The maximum Gasteiger partial charge on any atom is 0.276 e. The molecule has 17 heavy (non-hydrogen) atoms. The molecule has 0 radical (unpaired) electrons. The molecule has 0 aliphatic rings. The Morgan fingerprint density at radius 3 is 2.76 bits per heavy atom. The molecule has 0 aliphatic heterocycles. The van der Waals surface area contributed by atoms with Crippen LogP contribution in [0, 0.1) is 6.92 Å². The summed E-state index contributed by atoms with van der Waals surface area (Å²) in [5.74, 6) is 0.354. The van der Waals surface area contributed by atoms with E-state index < -0.39 is 0 Å². The number of amides is 1. The third kappa shape index (κ3) is 2.76. The van der Waals surface area contributed by atoms with Crippen molar-refractivity contribution in [2.24, 2.45) is 0 Å². The van der Waals surface area contributed by atoms with Crippen molar-refractivity contribution < 1.29 is 4.79 Å². The van der Waals surface area contributed by atoms with E-state index in [9.17, 15) is 4.79 Å². The highest BCUT2D eigenvalue weighted by Crippen LogP contribution is 2.12. The minimum atomic E-state index is -0.288. The number of hydrogen-bond acceptors (Lipinski definition) is 6. The Morgan fingerprint density at radius 2 is 2.24 bits per heavy atom. The van der Waals surface area contributed by atoms with Gasteiger partial charge in [0.25, 0.3) is 5.91 Å². The van der Waals surface area contributed by atoms with E-state index in [1.807, 2.05) is 0 Å². The van der Waals surface area contributed by atoms with Gasteiger partial charge in [0, 0.05) is 18.6 Å². The molecule has 2 heterocycles. The number of carbonyl (C=O) groups excluding carboxylic acids is 1. The first kappa shape index (κ1) is 11.5. The van der Waals surface area contributed by atoms with Crippen molar-refractivity contribution in [3.05, 3.63) is 29.8 Å². The molecule has 0 aromatic carbocycles. The van der Waals surface area contributed by atoms with Gasteiger partial charge in [0.15, 0.2) is 0 Å². The molecule has 2 rings (SSSR count). The van der Waals surface area contributed by atoms with E-state index in [1.54, 1.807) is 32.3 Å². The molecular formula is C10H11N5OS. The van der Waals surface area contributed by atoms with E-state index in [-0.39, 0.29) is 5.91 Å². The number of anilines is 2. The molecule has 2 N–H and O–H groups in total. The van der Waals surface area contributed by atoms with Crippen molar-refractivity contribution >= 4 is 28.3 Å². The lowest BCUT2D eigenvalue weighted by molar-refractivity contribution is 0.102. The predicted octanol–water partition coefficient (Wildman–Crippen LogP) is 1.54. The summed E-state index contributed by atoms with van der Waals surface area (Å²) in [6, 6.07) is 3.43. The molecule has 1 amide bonds. The lowest BCUT2D eigenvalue weighted by Crippen LogP contribution is -2.13. The van der Waals surface area contributed by atoms with Crippen LogP contribution in [0.15, 0.2) is 18.3 Å². The van der Waals surface area contributed by atoms with Crippen LogP contribution in [0.1, 0.15) is 16.3 Å². The highest BCUT2D eigenvalue weighted by Gasteiger charge is 2.09. The van der Waals surface area contributed by atoms with Crippen molar-refractivity contribution in [2.45, 2.75) is 6.92 Å². The first-order valence-corrected chi connectivity index (χ1v) is 5.72. The maximum atomic E-state index is 11.8. The topological polar surface area (TPSA) is 79.8 Å². The van der Waals surface area contributed by atoms with Crippen LogP contribution in [0.4, 0.5) is 10.8 Å². The Hall–Kier alpha value is -2.02. The third-order valence-corrected chi connectivity index (χ3v) is 2.75. The van der Waals surface area contributed by atoms with Gasteiger partial charge in [-0.15, -0.1) is 0 Å². The Bertz CT molecular complexity index is 522. The summed E-state index contributed by atoms with van der Waals surface area (Å²) in [4.78, 5) is 19.8. The van der Waals surface area contributed by atoms with E-state index in [0.717, 1.165) is 17.2 Å². The van der Waals surface area contributed by atoms with Gasteiger partial charge in [0.2, 0.25) is 5.13 Å². The summed E-state index contributed by atoms with van der Waals surface area (Å²) in [6.45, 7) is 1.77. The number of pyridine rings is 1. The average molecular weight is 249 g/mol. The van der Waals surface area contributed by atoms with Gasteiger partial charge in [-0.3, -0.25) is 10.1 Å². The molecule has 0 atom stereocenters. The second kappa shape index (κ2) is 4.88. The van der Waals surface area contributed by atoms with Crippen molar-refractivity contribution in [1.82, 2.24) is 14.3 Å². The van der Waals surface area contributed by atoms with Gasteiger partial charge < -0.3 is 5.32 Å². The Balaban J connectivity index is 2.09. The molecule has 0 bridgehead atoms. The van der Waals surface area contributed by atoms with Crippen molar-refractivity contribution in [2.75, 3.05) is 17.7 Å². The van der Waals surface area contributed by atoms with Gasteiger partial charge >= 0.3 is 0 Å². The maximum absolute atomic E-state index is 11.8. The van der Waals surface area contributed by atoms with E-state index in [0.29, 0.717) is 16.6 Å². The second-order valence-corrected chi connectivity index (χ2v) is 4.03. The minimum Gasteiger partial charge on any atom is -0.387 e. The second-order valence-electron chi connectivity index (χ2n) is 3.28. The number of carbonyl (C=O) groups is 1. The van der Waals surface area contributed by atoms with Gasteiger partial charge in [-0.1, -0.05) is 0 Å². The summed E-state index contributed by atoms with van der Waals surface area (Å²) in [7, 11) is 1.79. The number of aromatic nitrogens is 3. The van der Waals surface area contributed by atoms with Crippen molar-refractivity contribution in [3.8, 4) is 0 Å². The van der Waals surface area contributed by atoms with E-state index in [1.165, 1.54) is 0 Å². The van der Waals surface area contributed by atoms with Gasteiger partial charge in [0.1, 0.15) is 11.5 Å². The third-order valence-electron chi connectivity index (χ3n) is 2.03. The van der Waals surface area contributed by atoms with Crippen LogP contribution >= 0.6 is 11.5 Å². The van der Waals surface area contributed by atoms with Crippen LogP contribution in [0.5, 0.6) is 0 Å². The molecule has 6 nitrogen and oxygen atoms in total. The number of nitrogens with zero attached hydrogens (tertiary/aromatic N) is 3. The monoisotopic (exact) mass is 249 g/mol. The van der Waals surface area contributed by atoms with Crippen LogP contribution < -0.4 is 10.6 Å². The normalized spacial score (nSPS) is 10.0. The zero-order valence-corrected chi connectivity index (χ0v) is 10.2. The largest absolute Gasteiger partial charge is 0.387 e. The van der Waals surface area contributed by atoms with Crippen LogP contribution in [0.2, 0.25) is 0 Å². The first-order chi connectivity index (χ1) is 8.19. The lowest BCUT2D eigenvalue weighted by Gasteiger charge is -2.02. The molecule has 7 heteroatoms. The van der Waals surface area contributed by atoms with Gasteiger partial charge in [-0.05, 0) is 19.1 Å². The van der Waals surface area contributed by atoms with Crippen molar-refractivity contribution in [3.63, 3.8) is 0 Å². The molecule has 2 aromatic rings. The number of rotatable bonds is 3. The lowest BCUT2D eigenvalue weighted by atomic mass is 10.3. The number of nitrogens with one attached hydrogen (secondary N) is 2. The molecule has 0 saturated carbocycles. The van der Waals surface area contributed by atoms with Gasteiger partial charge in [-0.25, -0.2) is 9.97 Å². The van der Waals surface area contributed by atoms with Crippen molar-refractivity contribution in [1.29, 1.82) is 0 Å². The molecule has 0 spiro atoms. The fourth-order valence-electron chi connectivity index (χ4n) is 1.19. The SMILES string of the molecule is CNc1ccc(C(=O)Nc2nc(C)ns2)nc1. The summed E-state index contributed by atoms with van der Waals surface area (Å²) in [6.07, 6.45) is 1.60. The van der Waals surface area contributed by atoms with Gasteiger partial charge in [-0.2, -0.15) is 4.37 Å². The van der Waals surface area contributed by atoms with E-state index >= 15 is 0 Å². The van der Waals surface area contributed by atoms with Crippen LogP contribution in [-0.2, 0) is 0 Å². The summed E-state index contributed by atoms with van der Waals surface area (Å²) < 4.78 is 3.98. The molecule has 88 valence electrons. The fourth-order valence-corrected chi connectivity index (χ4v) is 1.76. The Labute approximate surface area is 102 Å². The van der Waals surface area contributed by atoms with E-state index in [4.69, 9.17) is 0 Å². The summed E-state index contributed by atoms with van der Waals surface area (Å²) in [5, 5.41) is 6.05. The number of hydrogen-bond donors (Lipinski definition) is 2. The molecule has 2 aromatic heterocycles. The molecule has 0 fully saturated rings. The van der Waals surface area contributed by atoms with Crippen LogP contribution in [0.25, 0.3) is 0 Å². The summed E-state index contributed by atoms with van der Waals surface area (Å²) in [5.41, 5.74) is 1.20. The molecule has 0 unspecified atom stereocenters. The minimum absolute atomic E-state index is 0.288. The zero-order chi connectivity index (χ0) is 12.3. The highest BCUT2D eigenvalue weighted by molar-refractivity contribution is 7.09. The predicted molar refractivity (Wildman–Crippen MR) is 66.4 cm³/mol. The molecular weight excluding hydrogens is 238 g/mol. The molecule has 0 saturated heterocycles. The first-order valence-electron chi connectivity index (χ1n) is 4.94. The van der Waals surface area contributed by atoms with Crippen LogP contribution in [0.3, 0.4) is 0 Å². The summed E-state index contributed by atoms with van der Waals surface area (Å²) >= 11 is 1.15. The van der Waals surface area contributed by atoms with Gasteiger partial charge in [0.05, 0.1) is 11.9 Å². The highest BCUT2D eigenvalue weighted by atomic mass is 32.1. The smallest absolute Gasteiger partial charge is 0.276 e.